The van der Waals surface area contributed by atoms with Crippen LogP contribution in [0.15, 0.2) is 6.07 Å². The number of carbonyl (C=O) groups excluding carboxylic acids is 1. The van der Waals surface area contributed by atoms with E-state index in [1.807, 2.05) is 13.8 Å². The highest BCUT2D eigenvalue weighted by Gasteiger charge is 2.08. The Hall–Kier alpha value is -1.38. The summed E-state index contributed by atoms with van der Waals surface area (Å²) in [6, 6.07) is 2.06. The molecule has 3 nitrogen and oxygen atoms in total. The topological polar surface area (TPSA) is 42.0 Å². The van der Waals surface area contributed by atoms with Crippen LogP contribution in [0.4, 0.5) is 5.82 Å². The van der Waals surface area contributed by atoms with E-state index in [0.717, 1.165) is 29.9 Å². The first-order valence-corrected chi connectivity index (χ1v) is 14.3. The molecule has 0 spiro atoms. The van der Waals surface area contributed by atoms with Gasteiger partial charge in [0.05, 0.1) is 0 Å². The van der Waals surface area contributed by atoms with Crippen LogP contribution in [0.25, 0.3) is 0 Å². The molecule has 190 valence electrons. The number of unbranched alkanes of at least 4 members (excludes halogenated alkanes) is 18. The highest BCUT2D eigenvalue weighted by Crippen LogP contribution is 2.18. The fourth-order valence-corrected chi connectivity index (χ4v) is 4.58. The first-order valence-electron chi connectivity index (χ1n) is 14.3. The van der Waals surface area contributed by atoms with Crippen LogP contribution >= 0.6 is 0 Å². The van der Waals surface area contributed by atoms with E-state index in [4.69, 9.17) is 0 Å². The molecule has 0 saturated heterocycles. The monoisotopic (exact) mass is 458 g/mol. The van der Waals surface area contributed by atoms with Gasteiger partial charge in [-0.15, -0.1) is 0 Å². The highest BCUT2D eigenvalue weighted by molar-refractivity contribution is 5.90. The zero-order chi connectivity index (χ0) is 24.2. The van der Waals surface area contributed by atoms with Crippen molar-refractivity contribution in [2.45, 2.75) is 156 Å². The normalized spacial score (nSPS) is 11.2. The van der Waals surface area contributed by atoms with E-state index in [1.165, 1.54) is 115 Å². The van der Waals surface area contributed by atoms with Crippen LogP contribution in [0.3, 0.4) is 0 Å². The van der Waals surface area contributed by atoms with Gasteiger partial charge in [-0.25, -0.2) is 4.98 Å². The second-order valence-corrected chi connectivity index (χ2v) is 10.2. The van der Waals surface area contributed by atoms with Crippen molar-refractivity contribution in [1.82, 2.24) is 4.98 Å². The summed E-state index contributed by atoms with van der Waals surface area (Å²) in [5.74, 6) is 0.831. The molecule has 0 bridgehead atoms. The molecule has 1 N–H and O–H groups in total. The number of rotatable bonds is 21. The number of hydrogen-bond acceptors (Lipinski definition) is 2. The number of nitrogens with zero attached hydrogens (tertiary/aromatic N) is 1. The van der Waals surface area contributed by atoms with Gasteiger partial charge in [0, 0.05) is 12.1 Å². The summed E-state index contributed by atoms with van der Waals surface area (Å²) in [6.45, 7) is 8.35. The number of aromatic nitrogens is 1. The largest absolute Gasteiger partial charge is 0.310 e. The van der Waals surface area contributed by atoms with Crippen LogP contribution in [-0.4, -0.2) is 10.9 Å². The summed E-state index contributed by atoms with van der Waals surface area (Å²) in [6.07, 6.45) is 26.7. The molecule has 1 amide bonds. The molecule has 0 aliphatic heterocycles. The fraction of sp³-hybridized carbons (Fsp3) is 0.800. The van der Waals surface area contributed by atoms with Gasteiger partial charge in [0.1, 0.15) is 5.82 Å². The third kappa shape index (κ3) is 16.0. The number of carbonyl (C=O) groups is 1. The van der Waals surface area contributed by atoms with Crippen LogP contribution in [0.2, 0.25) is 0 Å². The zero-order valence-electron chi connectivity index (χ0n) is 22.6. The lowest BCUT2D eigenvalue weighted by molar-refractivity contribution is -0.116. The lowest BCUT2D eigenvalue weighted by Gasteiger charge is -2.10. The number of pyridine rings is 1. The summed E-state index contributed by atoms with van der Waals surface area (Å²) >= 11 is 0. The second kappa shape index (κ2) is 20.0. The Bertz CT molecular complexity index is 626. The van der Waals surface area contributed by atoms with E-state index < -0.39 is 0 Å². The van der Waals surface area contributed by atoms with Gasteiger partial charge in [-0.2, -0.15) is 0 Å². The van der Waals surface area contributed by atoms with Crippen LogP contribution in [0, 0.1) is 20.8 Å². The van der Waals surface area contributed by atoms with Crippen molar-refractivity contribution in [1.29, 1.82) is 0 Å². The Labute approximate surface area is 205 Å². The molecule has 0 saturated carbocycles. The molecule has 1 aromatic rings. The molecule has 1 aromatic heterocycles. The number of anilines is 1. The lowest BCUT2D eigenvalue weighted by atomic mass is 10.0. The Morgan fingerprint density at radius 2 is 1.06 bits per heavy atom. The minimum absolute atomic E-state index is 0.0996. The predicted octanol–water partition coefficient (Wildman–Crippen LogP) is 9.77. The van der Waals surface area contributed by atoms with E-state index >= 15 is 0 Å². The fourth-order valence-electron chi connectivity index (χ4n) is 4.58. The maximum atomic E-state index is 12.2. The Balaban J connectivity index is 1.84. The predicted molar refractivity (Wildman–Crippen MR) is 145 cm³/mol. The highest BCUT2D eigenvalue weighted by atomic mass is 16.1. The Morgan fingerprint density at radius 3 is 1.48 bits per heavy atom. The molecule has 0 atom stereocenters. The molecular formula is C30H54N2O. The molecule has 0 unspecified atom stereocenters. The third-order valence-electron chi connectivity index (χ3n) is 6.93. The van der Waals surface area contributed by atoms with Crippen LogP contribution in [0.1, 0.15) is 152 Å². The van der Waals surface area contributed by atoms with Gasteiger partial charge >= 0.3 is 0 Å². The minimum atomic E-state index is 0.0996. The van der Waals surface area contributed by atoms with E-state index in [-0.39, 0.29) is 5.91 Å². The molecule has 1 heterocycles. The number of nitrogens with one attached hydrogen (secondary N) is 1. The van der Waals surface area contributed by atoms with Crippen LogP contribution < -0.4 is 5.32 Å². The standard InChI is InChI=1S/C30H54N2O/c1-5-6-7-8-9-10-11-12-13-14-15-16-17-18-19-20-21-22-23-24-29(33)32-30-28(4)26(2)25-27(3)31-30/h25H,5-24H2,1-4H3,(H,31,32,33). The summed E-state index contributed by atoms with van der Waals surface area (Å²) in [5.41, 5.74) is 3.21. The van der Waals surface area contributed by atoms with Crippen molar-refractivity contribution in [2.24, 2.45) is 0 Å². The van der Waals surface area contributed by atoms with Crippen molar-refractivity contribution in [3.63, 3.8) is 0 Å². The summed E-state index contributed by atoms with van der Waals surface area (Å²) in [7, 11) is 0. The first kappa shape index (κ1) is 29.7. The van der Waals surface area contributed by atoms with E-state index in [0.29, 0.717) is 6.42 Å². The average molecular weight is 459 g/mol. The summed E-state index contributed by atoms with van der Waals surface area (Å²) in [5, 5.41) is 3.00. The molecule has 0 fully saturated rings. The Morgan fingerprint density at radius 1 is 0.667 bits per heavy atom. The Kier molecular flexibility index (Phi) is 18.0. The van der Waals surface area contributed by atoms with Gasteiger partial charge in [0.2, 0.25) is 5.91 Å². The summed E-state index contributed by atoms with van der Waals surface area (Å²) < 4.78 is 0. The second-order valence-electron chi connectivity index (χ2n) is 10.2. The van der Waals surface area contributed by atoms with Gasteiger partial charge in [-0.1, -0.05) is 122 Å². The van der Waals surface area contributed by atoms with E-state index in [2.05, 4.69) is 30.2 Å². The van der Waals surface area contributed by atoms with Crippen molar-refractivity contribution in [3.8, 4) is 0 Å². The summed E-state index contributed by atoms with van der Waals surface area (Å²) in [4.78, 5) is 16.7. The first-order chi connectivity index (χ1) is 16.0. The molecule has 0 aliphatic rings. The van der Waals surface area contributed by atoms with Gasteiger partial charge in [0.15, 0.2) is 0 Å². The van der Waals surface area contributed by atoms with Crippen molar-refractivity contribution < 1.29 is 4.79 Å². The number of amides is 1. The van der Waals surface area contributed by atoms with E-state index in [1.54, 1.807) is 0 Å². The maximum Gasteiger partial charge on any atom is 0.225 e. The quantitative estimate of drug-likeness (QED) is 0.186. The molecule has 33 heavy (non-hydrogen) atoms. The van der Waals surface area contributed by atoms with Gasteiger partial charge in [0.25, 0.3) is 0 Å². The smallest absolute Gasteiger partial charge is 0.225 e. The van der Waals surface area contributed by atoms with Gasteiger partial charge < -0.3 is 5.32 Å². The molecule has 0 aromatic carbocycles. The number of hydrogen-bond donors (Lipinski definition) is 1. The SMILES string of the molecule is CCCCCCCCCCCCCCCCCCCCCC(=O)Nc1nc(C)cc(C)c1C. The van der Waals surface area contributed by atoms with Crippen LogP contribution in [0.5, 0.6) is 0 Å². The van der Waals surface area contributed by atoms with Crippen molar-refractivity contribution >= 4 is 11.7 Å². The molecule has 0 radical (unpaired) electrons. The average Bonchev–Trinajstić information content (AvgIpc) is 2.78. The zero-order valence-corrected chi connectivity index (χ0v) is 22.6. The molecule has 1 rings (SSSR count). The minimum Gasteiger partial charge on any atom is -0.310 e. The van der Waals surface area contributed by atoms with Crippen molar-refractivity contribution in [3.05, 3.63) is 22.9 Å². The lowest BCUT2D eigenvalue weighted by Crippen LogP contribution is -2.14. The maximum absolute atomic E-state index is 12.2. The molecular weight excluding hydrogens is 404 g/mol. The van der Waals surface area contributed by atoms with Crippen molar-refractivity contribution in [2.75, 3.05) is 5.32 Å². The number of aryl methyl sites for hydroxylation is 2. The van der Waals surface area contributed by atoms with E-state index in [9.17, 15) is 4.79 Å². The van der Waals surface area contributed by atoms with Crippen LogP contribution in [-0.2, 0) is 4.79 Å². The third-order valence-corrected chi connectivity index (χ3v) is 6.93. The molecule has 3 heteroatoms. The van der Waals surface area contributed by atoms with Gasteiger partial charge in [-0.05, 0) is 44.4 Å². The van der Waals surface area contributed by atoms with Gasteiger partial charge in [-0.3, -0.25) is 4.79 Å². The molecule has 0 aliphatic carbocycles.